The molecule has 3 unspecified atom stereocenters. The zero-order valence-corrected chi connectivity index (χ0v) is 45.5. The average molecular weight is 1090 g/mol. The van der Waals surface area contributed by atoms with Crippen LogP contribution in [0.3, 0.4) is 0 Å². The molecule has 1 fully saturated rings. The van der Waals surface area contributed by atoms with Gasteiger partial charge in [-0.05, 0) is 108 Å². The van der Waals surface area contributed by atoms with Crippen molar-refractivity contribution in [3.05, 3.63) is 142 Å². The highest BCUT2D eigenvalue weighted by molar-refractivity contribution is 7.22. The first-order valence-corrected chi connectivity index (χ1v) is 26.9. The number of aryl methyl sites for hydroxylation is 3. The molecule has 0 bridgehead atoms. The largest absolute Gasteiger partial charge is 0.496 e. The molecule has 20 nitrogen and oxygen atoms in total. The van der Waals surface area contributed by atoms with Gasteiger partial charge in [0.2, 0.25) is 11.8 Å². The molecule has 0 saturated heterocycles. The minimum atomic E-state index is -2.23. The molecule has 406 valence electrons. The second-order valence-electron chi connectivity index (χ2n) is 20.0. The van der Waals surface area contributed by atoms with Gasteiger partial charge >= 0.3 is 23.3 Å². The van der Waals surface area contributed by atoms with Crippen molar-refractivity contribution < 1.29 is 48.0 Å². The van der Waals surface area contributed by atoms with E-state index in [9.17, 15) is 34.5 Å². The Bertz CT molecular complexity index is 3760. The summed E-state index contributed by atoms with van der Waals surface area (Å²) in [5.41, 5.74) is -4.18. The number of methoxy groups -OCH3 is 1. The van der Waals surface area contributed by atoms with E-state index in [0.717, 1.165) is 38.4 Å². The molecule has 8 aromatic rings. The van der Waals surface area contributed by atoms with Crippen molar-refractivity contribution in [3.63, 3.8) is 0 Å². The molecule has 3 atom stereocenters. The number of carbonyl (C=O) groups is 2. The molecule has 0 radical (unpaired) electrons. The van der Waals surface area contributed by atoms with E-state index in [0.29, 0.717) is 68.7 Å². The topological polar surface area (TPSA) is 263 Å². The van der Waals surface area contributed by atoms with E-state index in [1.165, 1.54) is 61.9 Å². The number of aliphatic hydroxyl groups excluding tert-OH is 1. The highest BCUT2D eigenvalue weighted by Crippen LogP contribution is 2.40. The summed E-state index contributed by atoms with van der Waals surface area (Å²) in [5.74, 6) is -2.26. The van der Waals surface area contributed by atoms with Crippen LogP contribution in [0.1, 0.15) is 106 Å². The van der Waals surface area contributed by atoms with Gasteiger partial charge in [-0.1, -0.05) is 43.3 Å². The van der Waals surface area contributed by atoms with E-state index >= 15 is 9.59 Å². The number of hydrogen-bond acceptors (Lipinski definition) is 16. The van der Waals surface area contributed by atoms with Crippen LogP contribution in [0.5, 0.6) is 5.75 Å². The zero-order valence-electron chi connectivity index (χ0n) is 43.9. The summed E-state index contributed by atoms with van der Waals surface area (Å²) in [6, 6.07) is 12.6. The Kier molecular flexibility index (Phi) is 15.3. The number of carboxylic acid groups (broad SMARTS) is 2. The van der Waals surface area contributed by atoms with E-state index < -0.39 is 70.2 Å². The maximum absolute atomic E-state index is 15.5. The van der Waals surface area contributed by atoms with Gasteiger partial charge in [-0.3, -0.25) is 18.7 Å². The molecule has 0 amide bonds. The molecule has 1 aliphatic rings. The molecule has 22 heteroatoms. The number of rotatable bonds is 20. The highest BCUT2D eigenvalue weighted by Gasteiger charge is 2.42. The van der Waals surface area contributed by atoms with Gasteiger partial charge in [0.25, 0.3) is 11.1 Å². The molecule has 1 saturated carbocycles. The third kappa shape index (κ3) is 9.81. The van der Waals surface area contributed by atoms with Crippen LogP contribution in [-0.4, -0.2) is 81.4 Å². The van der Waals surface area contributed by atoms with Crippen LogP contribution in [0.15, 0.2) is 95.4 Å². The molecule has 3 N–H and O–H groups in total. The molecule has 6 aromatic heterocycles. The van der Waals surface area contributed by atoms with Crippen LogP contribution >= 0.6 is 22.7 Å². The Morgan fingerprint density at radius 3 is 1.84 bits per heavy atom. The van der Waals surface area contributed by atoms with Crippen LogP contribution in [0.25, 0.3) is 42.0 Å². The van der Waals surface area contributed by atoms with E-state index in [1.54, 1.807) is 39.0 Å². The minimum absolute atomic E-state index is 0.0967. The van der Waals surface area contributed by atoms with Crippen molar-refractivity contribution in [2.75, 3.05) is 13.7 Å². The third-order valence-corrected chi connectivity index (χ3v) is 17.4. The van der Waals surface area contributed by atoms with Crippen molar-refractivity contribution in [1.29, 1.82) is 0 Å². The van der Waals surface area contributed by atoms with E-state index in [1.807, 2.05) is 31.2 Å². The fraction of sp³-hybridized carbons (Fsp3) is 0.418. The summed E-state index contributed by atoms with van der Waals surface area (Å²) in [5, 5.41) is 32.2. The normalized spacial score (nSPS) is 16.7. The summed E-state index contributed by atoms with van der Waals surface area (Å²) in [4.78, 5) is 96.2. The Balaban J connectivity index is 1.16. The number of aliphatic carboxylic acids is 2. The lowest BCUT2D eigenvalue weighted by Gasteiger charge is -2.32. The molecule has 0 spiro atoms. The Labute approximate surface area is 448 Å². The van der Waals surface area contributed by atoms with E-state index in [4.69, 9.17) is 23.0 Å². The first-order chi connectivity index (χ1) is 36.7. The molecule has 9 rings (SSSR count). The summed E-state index contributed by atoms with van der Waals surface area (Å²) in [6.45, 7) is 10.8. The van der Waals surface area contributed by atoms with Crippen LogP contribution in [0, 0.1) is 13.8 Å². The molecule has 6 heterocycles. The predicted molar refractivity (Wildman–Crippen MR) is 288 cm³/mol. The first kappa shape index (κ1) is 54.5. The number of ether oxygens (including phenoxy) is 3. The SMILES string of the molecule is CCOC(Cn1c(=O)n(C(C)(C)C(=O)O)c(=O)c2c(C)c(-c3ncco3)sc21)c1ccc(CC(C)(C(=O)O)n2c(=O)c3c(C)c(-c4ncco4)sc3n(CC(OC3CCC(O)CC3)c3ccccc3CC)c2=O)cc1OC. The van der Waals surface area contributed by atoms with Gasteiger partial charge in [-0.25, -0.2) is 38.3 Å². The lowest BCUT2D eigenvalue weighted by atomic mass is 9.91. The van der Waals surface area contributed by atoms with Gasteiger partial charge in [0, 0.05) is 18.6 Å². The van der Waals surface area contributed by atoms with Crippen LogP contribution in [0.2, 0.25) is 0 Å². The Morgan fingerprint density at radius 1 is 0.766 bits per heavy atom. The number of hydrogen-bond donors (Lipinski definition) is 3. The number of carboxylic acids is 2. The quantitative estimate of drug-likeness (QED) is 0.0653. The number of oxazole rings is 2. The van der Waals surface area contributed by atoms with E-state index in [2.05, 4.69) is 9.97 Å². The predicted octanol–water partition coefficient (Wildman–Crippen LogP) is 7.96. The number of aliphatic hydroxyl groups is 1. The summed E-state index contributed by atoms with van der Waals surface area (Å²) in [7, 11) is 1.40. The zero-order chi connectivity index (χ0) is 55.2. The van der Waals surface area contributed by atoms with Gasteiger partial charge in [0.15, 0.2) is 5.54 Å². The number of benzene rings is 2. The molecule has 77 heavy (non-hydrogen) atoms. The van der Waals surface area contributed by atoms with Crippen LogP contribution in [0.4, 0.5) is 0 Å². The van der Waals surface area contributed by atoms with Gasteiger partial charge in [-0.15, -0.1) is 22.7 Å². The monoisotopic (exact) mass is 1090 g/mol. The number of aromatic nitrogens is 6. The maximum Gasteiger partial charge on any atom is 0.333 e. The molecule has 0 aliphatic heterocycles. The van der Waals surface area contributed by atoms with Crippen molar-refractivity contribution in [3.8, 4) is 27.3 Å². The van der Waals surface area contributed by atoms with Crippen molar-refractivity contribution >= 4 is 55.0 Å². The fourth-order valence-corrected chi connectivity index (χ4v) is 13.0. The summed E-state index contributed by atoms with van der Waals surface area (Å²) in [6.07, 6.45) is 5.83. The van der Waals surface area contributed by atoms with Gasteiger partial charge in [0.05, 0.1) is 65.3 Å². The van der Waals surface area contributed by atoms with Crippen molar-refractivity contribution in [2.24, 2.45) is 0 Å². The van der Waals surface area contributed by atoms with Crippen LogP contribution < -0.4 is 27.2 Å². The minimum Gasteiger partial charge on any atom is -0.496 e. The molecular formula is C55H60N6O14S2. The lowest BCUT2D eigenvalue weighted by molar-refractivity contribution is -0.147. The smallest absolute Gasteiger partial charge is 0.333 e. The number of fused-ring (bicyclic) bond motifs is 2. The van der Waals surface area contributed by atoms with Gasteiger partial charge in [0.1, 0.15) is 45.7 Å². The standard InChI is InChI=1S/C55H60N6O14S2/c1-9-32-13-11-12-14-35(32)39(75-34-18-16-33(62)17-19-34)28-59-49-41(30(4)43(77-49)45-57-22-24-74-45)47(64)61(53(59)70)55(7,51(67)68)26-31-15-20-36(37(25-31)71-8)38(72-10-2)27-58-48-40(29(3)42(76-48)44-56-21-23-73-44)46(63)60(52(58)69)54(5,6)50(65)66/h11-15,20-25,33-34,38-39,62H,9-10,16-19,26-28H2,1-8H3,(H,65,66)(H,67,68). The Hall–Kier alpha value is -7.24. The fourth-order valence-electron chi connectivity index (χ4n) is 10.5. The second kappa shape index (κ2) is 21.6. The second-order valence-corrected chi connectivity index (χ2v) is 22.0. The molecular weight excluding hydrogens is 1030 g/mol. The molecule has 1 aliphatic carbocycles. The van der Waals surface area contributed by atoms with Crippen molar-refractivity contribution in [2.45, 2.75) is 136 Å². The summed E-state index contributed by atoms with van der Waals surface area (Å²) < 4.78 is 34.7. The number of thiophene rings is 2. The molecule has 2 aromatic carbocycles. The van der Waals surface area contributed by atoms with Crippen LogP contribution in [-0.2, 0) is 56.1 Å². The first-order valence-electron chi connectivity index (χ1n) is 25.3. The van der Waals surface area contributed by atoms with Gasteiger partial charge < -0.3 is 38.4 Å². The Morgan fingerprint density at radius 2 is 1.32 bits per heavy atom. The third-order valence-electron chi connectivity index (χ3n) is 14.8. The van der Waals surface area contributed by atoms with E-state index in [-0.39, 0.29) is 63.8 Å². The van der Waals surface area contributed by atoms with Gasteiger partial charge in [-0.2, -0.15) is 0 Å². The summed E-state index contributed by atoms with van der Waals surface area (Å²) >= 11 is 2.22. The lowest BCUT2D eigenvalue weighted by Crippen LogP contribution is -2.55. The number of nitrogens with zero attached hydrogens (tertiary/aromatic N) is 6. The van der Waals surface area contributed by atoms with Crippen molar-refractivity contribution in [1.82, 2.24) is 28.2 Å². The maximum atomic E-state index is 15.5. The highest BCUT2D eigenvalue weighted by atomic mass is 32.1. The average Bonchev–Trinajstić information content (AvgIpc) is 4.35.